The largest absolute Gasteiger partial charge is 0.306 e. The summed E-state index contributed by atoms with van der Waals surface area (Å²) >= 11 is 7.52. The molecular formula is C23H21ClN2OS. The van der Waals surface area contributed by atoms with Gasteiger partial charge in [0.05, 0.1) is 5.39 Å². The van der Waals surface area contributed by atoms with Crippen LogP contribution in [0.5, 0.6) is 0 Å². The zero-order valence-electron chi connectivity index (χ0n) is 16.3. The second-order valence-electron chi connectivity index (χ2n) is 7.96. The van der Waals surface area contributed by atoms with Gasteiger partial charge in [-0.1, -0.05) is 56.6 Å². The van der Waals surface area contributed by atoms with E-state index < -0.39 is 0 Å². The lowest BCUT2D eigenvalue weighted by Gasteiger charge is -2.19. The molecule has 3 nitrogen and oxygen atoms in total. The van der Waals surface area contributed by atoms with Crippen LogP contribution in [-0.4, -0.2) is 9.97 Å². The van der Waals surface area contributed by atoms with Gasteiger partial charge in [0.25, 0.3) is 5.56 Å². The average Bonchev–Trinajstić information content (AvgIpc) is 2.98. The van der Waals surface area contributed by atoms with Gasteiger partial charge in [0.1, 0.15) is 10.7 Å². The van der Waals surface area contributed by atoms with Gasteiger partial charge < -0.3 is 4.98 Å². The summed E-state index contributed by atoms with van der Waals surface area (Å²) in [5.74, 6) is 0.560. The Bertz CT molecular complexity index is 1210. The molecule has 5 heteroatoms. The third-order valence-corrected chi connectivity index (χ3v) is 6.15. The van der Waals surface area contributed by atoms with Gasteiger partial charge >= 0.3 is 0 Å². The number of hydrogen-bond donors (Lipinski definition) is 1. The van der Waals surface area contributed by atoms with Gasteiger partial charge in [-0.2, -0.15) is 0 Å². The van der Waals surface area contributed by atoms with Crippen molar-refractivity contribution >= 4 is 33.2 Å². The second-order valence-corrected chi connectivity index (χ2v) is 9.60. The Morgan fingerprint density at radius 3 is 2.18 bits per heavy atom. The van der Waals surface area contributed by atoms with Crippen molar-refractivity contribution in [3.05, 3.63) is 74.3 Å². The van der Waals surface area contributed by atoms with Crippen molar-refractivity contribution in [1.29, 1.82) is 0 Å². The predicted octanol–water partition coefficient (Wildman–Crippen LogP) is 6.58. The van der Waals surface area contributed by atoms with Crippen molar-refractivity contribution in [1.82, 2.24) is 9.97 Å². The van der Waals surface area contributed by atoms with Gasteiger partial charge in [-0.05, 0) is 47.7 Å². The van der Waals surface area contributed by atoms with E-state index >= 15 is 0 Å². The zero-order chi connectivity index (χ0) is 20.1. The summed E-state index contributed by atoms with van der Waals surface area (Å²) < 4.78 is 0. The van der Waals surface area contributed by atoms with E-state index in [0.717, 1.165) is 26.4 Å². The number of aromatic amines is 1. The summed E-state index contributed by atoms with van der Waals surface area (Å²) in [4.78, 5) is 22.5. The lowest BCUT2D eigenvalue weighted by molar-refractivity contribution is 0.590. The molecule has 28 heavy (non-hydrogen) atoms. The lowest BCUT2D eigenvalue weighted by atomic mass is 9.86. The van der Waals surface area contributed by atoms with Gasteiger partial charge in [0, 0.05) is 21.0 Å². The van der Waals surface area contributed by atoms with E-state index in [1.54, 1.807) is 23.5 Å². The number of H-pyrrole nitrogens is 1. The van der Waals surface area contributed by atoms with Crippen LogP contribution in [-0.2, 0) is 5.41 Å². The molecule has 0 spiro atoms. The number of rotatable bonds is 2. The van der Waals surface area contributed by atoms with Crippen molar-refractivity contribution in [2.45, 2.75) is 33.1 Å². The van der Waals surface area contributed by atoms with Crippen molar-refractivity contribution < 1.29 is 0 Å². The molecule has 0 radical (unpaired) electrons. The van der Waals surface area contributed by atoms with Crippen LogP contribution >= 0.6 is 22.9 Å². The molecule has 0 fully saturated rings. The number of thiophene rings is 1. The van der Waals surface area contributed by atoms with Crippen LogP contribution in [0.15, 0.2) is 53.3 Å². The fraction of sp³-hybridized carbons (Fsp3) is 0.217. The molecule has 2 aromatic heterocycles. The van der Waals surface area contributed by atoms with Gasteiger partial charge in [-0.25, -0.2) is 4.98 Å². The third-order valence-electron chi connectivity index (χ3n) is 4.90. The van der Waals surface area contributed by atoms with Crippen LogP contribution in [0.1, 0.15) is 31.2 Å². The second kappa shape index (κ2) is 6.87. The van der Waals surface area contributed by atoms with Crippen LogP contribution in [0, 0.1) is 6.92 Å². The van der Waals surface area contributed by atoms with E-state index in [2.05, 4.69) is 50.0 Å². The Balaban J connectivity index is 1.86. The molecule has 142 valence electrons. The molecule has 2 heterocycles. The highest BCUT2D eigenvalue weighted by molar-refractivity contribution is 7.19. The molecule has 0 saturated carbocycles. The molecule has 0 saturated heterocycles. The maximum atomic E-state index is 13.0. The van der Waals surface area contributed by atoms with Crippen molar-refractivity contribution in [2.75, 3.05) is 0 Å². The van der Waals surface area contributed by atoms with Crippen LogP contribution in [0.2, 0.25) is 5.02 Å². The molecule has 0 aliphatic rings. The van der Waals surface area contributed by atoms with E-state index in [4.69, 9.17) is 16.6 Å². The maximum absolute atomic E-state index is 13.0. The Morgan fingerprint density at radius 1 is 0.964 bits per heavy atom. The van der Waals surface area contributed by atoms with Crippen LogP contribution in [0.25, 0.3) is 32.7 Å². The highest BCUT2D eigenvalue weighted by Crippen LogP contribution is 2.37. The first-order valence-electron chi connectivity index (χ1n) is 9.14. The number of fused-ring (bicyclic) bond motifs is 1. The summed E-state index contributed by atoms with van der Waals surface area (Å²) in [7, 11) is 0. The minimum Gasteiger partial charge on any atom is -0.306 e. The van der Waals surface area contributed by atoms with Gasteiger partial charge in [0.2, 0.25) is 0 Å². The number of benzene rings is 2. The molecule has 4 aromatic rings. The van der Waals surface area contributed by atoms with Crippen molar-refractivity contribution in [3.8, 4) is 22.5 Å². The van der Waals surface area contributed by atoms with E-state index in [1.807, 2.05) is 19.1 Å². The first kappa shape index (κ1) is 18.9. The standard InChI is InChI=1S/C23H21ClN2OS/c1-13-18(14-5-9-16(10-6-14)23(2,3)4)19-21(27)25-20(26-22(19)28-13)15-7-11-17(24)12-8-15/h5-12H,1-4H3,(H,25,26,27). The SMILES string of the molecule is Cc1sc2nc(-c3ccc(Cl)cc3)[nH]c(=O)c2c1-c1ccc(C(C)(C)C)cc1. The summed E-state index contributed by atoms with van der Waals surface area (Å²) in [5.41, 5.74) is 4.10. The van der Waals surface area contributed by atoms with Crippen LogP contribution in [0.4, 0.5) is 0 Å². The van der Waals surface area contributed by atoms with Gasteiger partial charge in [-0.3, -0.25) is 4.79 Å². The maximum Gasteiger partial charge on any atom is 0.260 e. The molecule has 2 aromatic carbocycles. The number of nitrogens with one attached hydrogen (secondary N) is 1. The fourth-order valence-electron chi connectivity index (χ4n) is 3.35. The fourth-order valence-corrected chi connectivity index (χ4v) is 4.52. The number of aryl methyl sites for hydroxylation is 1. The van der Waals surface area contributed by atoms with Crippen molar-refractivity contribution in [3.63, 3.8) is 0 Å². The molecule has 0 atom stereocenters. The topological polar surface area (TPSA) is 45.8 Å². The Kier molecular flexibility index (Phi) is 4.64. The molecule has 0 amide bonds. The van der Waals surface area contributed by atoms with Crippen molar-refractivity contribution in [2.24, 2.45) is 0 Å². The summed E-state index contributed by atoms with van der Waals surface area (Å²) in [6.07, 6.45) is 0. The van der Waals surface area contributed by atoms with Gasteiger partial charge in [0.15, 0.2) is 0 Å². The quantitative estimate of drug-likeness (QED) is 0.407. The molecule has 0 unspecified atom stereocenters. The molecule has 4 rings (SSSR count). The molecular weight excluding hydrogens is 388 g/mol. The predicted molar refractivity (Wildman–Crippen MR) is 120 cm³/mol. The monoisotopic (exact) mass is 408 g/mol. The Hall–Kier alpha value is -2.43. The minimum atomic E-state index is -0.116. The summed E-state index contributed by atoms with van der Waals surface area (Å²) in [6.45, 7) is 8.63. The van der Waals surface area contributed by atoms with E-state index in [1.165, 1.54) is 5.56 Å². The molecule has 0 aliphatic carbocycles. The summed E-state index contributed by atoms with van der Waals surface area (Å²) in [6, 6.07) is 15.8. The molecule has 1 N–H and O–H groups in total. The smallest absolute Gasteiger partial charge is 0.260 e. The average molecular weight is 409 g/mol. The Labute approximate surface area is 173 Å². The van der Waals surface area contributed by atoms with E-state index in [-0.39, 0.29) is 11.0 Å². The van der Waals surface area contributed by atoms with Crippen LogP contribution in [0.3, 0.4) is 0 Å². The van der Waals surface area contributed by atoms with Gasteiger partial charge in [-0.15, -0.1) is 11.3 Å². The van der Waals surface area contributed by atoms with E-state index in [0.29, 0.717) is 16.2 Å². The number of hydrogen-bond acceptors (Lipinski definition) is 3. The third kappa shape index (κ3) is 3.38. The normalized spacial score (nSPS) is 11.9. The lowest BCUT2D eigenvalue weighted by Crippen LogP contribution is -2.11. The molecule has 0 bridgehead atoms. The first-order chi connectivity index (χ1) is 13.2. The molecule has 0 aliphatic heterocycles. The first-order valence-corrected chi connectivity index (χ1v) is 10.3. The highest BCUT2D eigenvalue weighted by atomic mass is 35.5. The highest BCUT2D eigenvalue weighted by Gasteiger charge is 2.18. The zero-order valence-corrected chi connectivity index (χ0v) is 17.8. The summed E-state index contributed by atoms with van der Waals surface area (Å²) in [5, 5.41) is 1.31. The number of nitrogens with zero attached hydrogens (tertiary/aromatic N) is 1. The Morgan fingerprint density at radius 2 is 1.57 bits per heavy atom. The minimum absolute atomic E-state index is 0.0940. The van der Waals surface area contributed by atoms with E-state index in [9.17, 15) is 4.79 Å². The number of halogens is 1. The van der Waals surface area contributed by atoms with Crippen LogP contribution < -0.4 is 5.56 Å². The number of aromatic nitrogens is 2.